The molecule has 7 heteroatoms. The van der Waals surface area contributed by atoms with Crippen LogP contribution in [0, 0.1) is 12.7 Å². The molecule has 0 spiro atoms. The van der Waals surface area contributed by atoms with Crippen LogP contribution in [-0.4, -0.2) is 14.9 Å². The summed E-state index contributed by atoms with van der Waals surface area (Å²) < 4.78 is 22.0. The fourth-order valence-corrected chi connectivity index (χ4v) is 3.29. The summed E-state index contributed by atoms with van der Waals surface area (Å²) >= 11 is 6.28. The van der Waals surface area contributed by atoms with E-state index < -0.39 is 11.4 Å². The smallest absolute Gasteiger partial charge is 0.278 e. The first kappa shape index (κ1) is 18.5. The maximum absolute atomic E-state index is 14.9. The Kier molecular flexibility index (Phi) is 4.81. The van der Waals surface area contributed by atoms with Gasteiger partial charge in [0.15, 0.2) is 5.75 Å². The summed E-state index contributed by atoms with van der Waals surface area (Å²) in [5.41, 5.74) is 0.221. The molecule has 1 fully saturated rings. The van der Waals surface area contributed by atoms with Gasteiger partial charge in [0.25, 0.3) is 5.56 Å². The highest BCUT2D eigenvalue weighted by atomic mass is 35.5. The Morgan fingerprint density at radius 1 is 1.21 bits per heavy atom. The zero-order valence-corrected chi connectivity index (χ0v) is 15.9. The third-order valence-electron chi connectivity index (χ3n) is 4.69. The van der Waals surface area contributed by atoms with E-state index in [1.54, 1.807) is 6.92 Å². The van der Waals surface area contributed by atoms with Crippen molar-refractivity contribution in [3.63, 3.8) is 0 Å². The van der Waals surface area contributed by atoms with Crippen LogP contribution in [0.25, 0.3) is 11.1 Å². The second-order valence-electron chi connectivity index (χ2n) is 6.80. The van der Waals surface area contributed by atoms with E-state index in [9.17, 15) is 14.3 Å². The van der Waals surface area contributed by atoms with E-state index in [2.05, 4.69) is 5.10 Å². The van der Waals surface area contributed by atoms with Gasteiger partial charge in [-0.25, -0.2) is 9.07 Å². The van der Waals surface area contributed by atoms with E-state index in [-0.39, 0.29) is 46.0 Å². The highest BCUT2D eigenvalue weighted by Crippen LogP contribution is 2.42. The van der Waals surface area contributed by atoms with Gasteiger partial charge in [0.1, 0.15) is 23.9 Å². The summed E-state index contributed by atoms with van der Waals surface area (Å²) in [7, 11) is 0. The minimum atomic E-state index is -0.701. The van der Waals surface area contributed by atoms with Crippen LogP contribution < -0.4 is 10.3 Å². The summed E-state index contributed by atoms with van der Waals surface area (Å²) in [5, 5.41) is 14.8. The Morgan fingerprint density at radius 2 is 1.93 bits per heavy atom. The Bertz CT molecular complexity index is 1100. The molecule has 1 N–H and O–H groups in total. The van der Waals surface area contributed by atoms with E-state index in [4.69, 9.17) is 16.3 Å². The molecular weight excluding hydrogens is 383 g/mol. The number of rotatable bonds is 5. The summed E-state index contributed by atoms with van der Waals surface area (Å²) in [6.45, 7) is 1.71. The SMILES string of the molecule is Cc1nn(C2CC2)c(=O)c(-c2c(F)ccc(Cl)c2OCc2ccccc2)c1O. The van der Waals surface area contributed by atoms with Crippen LogP contribution >= 0.6 is 11.6 Å². The van der Waals surface area contributed by atoms with Crippen LogP contribution in [0.3, 0.4) is 0 Å². The van der Waals surface area contributed by atoms with Gasteiger partial charge in [-0.1, -0.05) is 41.9 Å². The van der Waals surface area contributed by atoms with Crippen molar-refractivity contribution in [2.24, 2.45) is 0 Å². The maximum Gasteiger partial charge on any atom is 0.278 e. The van der Waals surface area contributed by atoms with Gasteiger partial charge in [0.05, 0.1) is 22.2 Å². The zero-order valence-electron chi connectivity index (χ0n) is 15.2. The van der Waals surface area contributed by atoms with Crippen molar-refractivity contribution in [1.29, 1.82) is 0 Å². The molecule has 1 saturated carbocycles. The molecule has 1 aliphatic rings. The van der Waals surface area contributed by atoms with Crippen molar-refractivity contribution < 1.29 is 14.2 Å². The molecule has 28 heavy (non-hydrogen) atoms. The third-order valence-corrected chi connectivity index (χ3v) is 4.98. The largest absolute Gasteiger partial charge is 0.505 e. The Balaban J connectivity index is 1.86. The second-order valence-corrected chi connectivity index (χ2v) is 7.20. The number of halogens is 2. The summed E-state index contributed by atoms with van der Waals surface area (Å²) in [4.78, 5) is 13.0. The van der Waals surface area contributed by atoms with Gasteiger partial charge in [-0.15, -0.1) is 0 Å². The van der Waals surface area contributed by atoms with E-state index >= 15 is 0 Å². The topological polar surface area (TPSA) is 64.4 Å². The molecule has 2 aromatic carbocycles. The molecule has 3 aromatic rings. The van der Waals surface area contributed by atoms with Crippen LogP contribution in [0.5, 0.6) is 11.5 Å². The maximum atomic E-state index is 14.9. The van der Waals surface area contributed by atoms with Crippen molar-refractivity contribution >= 4 is 11.6 Å². The van der Waals surface area contributed by atoms with Crippen LogP contribution in [0.15, 0.2) is 47.3 Å². The predicted octanol–water partition coefficient (Wildman–Crippen LogP) is 4.63. The number of aromatic hydroxyl groups is 1. The zero-order chi connectivity index (χ0) is 19.8. The Hall–Kier alpha value is -2.86. The first-order chi connectivity index (χ1) is 13.5. The lowest BCUT2D eigenvalue weighted by atomic mass is 10.0. The molecular formula is C21H18ClFN2O3. The molecule has 1 aromatic heterocycles. The van der Waals surface area contributed by atoms with Gasteiger partial charge in [-0.05, 0) is 37.5 Å². The van der Waals surface area contributed by atoms with Crippen LogP contribution in [0.4, 0.5) is 4.39 Å². The normalized spacial score (nSPS) is 13.5. The minimum Gasteiger partial charge on any atom is -0.505 e. The fraction of sp³-hybridized carbons (Fsp3) is 0.238. The first-order valence-electron chi connectivity index (χ1n) is 8.95. The molecule has 4 rings (SSSR count). The van der Waals surface area contributed by atoms with Crippen molar-refractivity contribution in [2.45, 2.75) is 32.4 Å². The molecule has 0 saturated heterocycles. The highest BCUT2D eigenvalue weighted by Gasteiger charge is 2.31. The molecule has 0 aliphatic heterocycles. The number of ether oxygens (including phenoxy) is 1. The average molecular weight is 401 g/mol. The predicted molar refractivity (Wildman–Crippen MR) is 104 cm³/mol. The van der Waals surface area contributed by atoms with Gasteiger partial charge in [-0.2, -0.15) is 5.10 Å². The number of hydrogen-bond acceptors (Lipinski definition) is 4. The highest BCUT2D eigenvalue weighted by molar-refractivity contribution is 6.32. The summed E-state index contributed by atoms with van der Waals surface area (Å²) in [6.07, 6.45) is 1.65. The number of aryl methyl sites for hydroxylation is 1. The Morgan fingerprint density at radius 3 is 2.61 bits per heavy atom. The van der Waals surface area contributed by atoms with Gasteiger partial charge in [-0.3, -0.25) is 4.79 Å². The molecule has 1 heterocycles. The monoisotopic (exact) mass is 400 g/mol. The minimum absolute atomic E-state index is 0.0193. The Labute approximate surface area is 166 Å². The molecule has 144 valence electrons. The van der Waals surface area contributed by atoms with Crippen LogP contribution in [0.1, 0.15) is 30.1 Å². The second kappa shape index (κ2) is 7.28. The summed E-state index contributed by atoms with van der Waals surface area (Å²) in [5.74, 6) is -1.05. The lowest BCUT2D eigenvalue weighted by molar-refractivity contribution is 0.306. The quantitative estimate of drug-likeness (QED) is 0.678. The molecule has 5 nitrogen and oxygen atoms in total. The van der Waals surface area contributed by atoms with Crippen molar-refractivity contribution in [2.75, 3.05) is 0 Å². The number of hydrogen-bond donors (Lipinski definition) is 1. The van der Waals surface area contributed by atoms with Crippen LogP contribution in [-0.2, 0) is 6.61 Å². The number of benzene rings is 2. The van der Waals surface area contributed by atoms with Crippen molar-refractivity contribution in [1.82, 2.24) is 9.78 Å². The molecule has 0 unspecified atom stereocenters. The number of nitrogens with zero attached hydrogens (tertiary/aromatic N) is 2. The molecule has 0 bridgehead atoms. The van der Waals surface area contributed by atoms with E-state index in [1.807, 2.05) is 30.3 Å². The van der Waals surface area contributed by atoms with Gasteiger partial charge in [0.2, 0.25) is 0 Å². The lowest BCUT2D eigenvalue weighted by Gasteiger charge is -2.16. The standard InChI is InChI=1S/C21H18ClFN2O3/c1-12-19(26)18(21(27)25(24-12)14-7-8-14)17-16(23)10-9-15(22)20(17)28-11-13-5-3-2-4-6-13/h2-6,9-10,14,26H,7-8,11H2,1H3. The van der Waals surface area contributed by atoms with E-state index in [0.29, 0.717) is 0 Å². The van der Waals surface area contributed by atoms with Gasteiger partial charge < -0.3 is 9.84 Å². The molecule has 0 radical (unpaired) electrons. The number of aromatic nitrogens is 2. The fourth-order valence-electron chi connectivity index (χ4n) is 3.08. The summed E-state index contributed by atoms with van der Waals surface area (Å²) in [6, 6.07) is 11.8. The molecule has 1 aliphatic carbocycles. The van der Waals surface area contributed by atoms with E-state index in [1.165, 1.54) is 10.7 Å². The first-order valence-corrected chi connectivity index (χ1v) is 9.32. The van der Waals surface area contributed by atoms with Crippen LogP contribution in [0.2, 0.25) is 5.02 Å². The van der Waals surface area contributed by atoms with Crippen molar-refractivity contribution in [3.05, 3.63) is 74.9 Å². The molecule has 0 atom stereocenters. The van der Waals surface area contributed by atoms with Crippen molar-refractivity contribution in [3.8, 4) is 22.6 Å². The third kappa shape index (κ3) is 3.36. The van der Waals surface area contributed by atoms with E-state index in [0.717, 1.165) is 24.5 Å². The molecule has 0 amide bonds. The van der Waals surface area contributed by atoms with Gasteiger partial charge in [0, 0.05) is 0 Å². The van der Waals surface area contributed by atoms with Gasteiger partial charge >= 0.3 is 0 Å². The average Bonchev–Trinajstić information content (AvgIpc) is 3.53. The lowest BCUT2D eigenvalue weighted by Crippen LogP contribution is -2.25.